The van der Waals surface area contributed by atoms with Gasteiger partial charge in [0.05, 0.1) is 12.2 Å². The highest BCUT2D eigenvalue weighted by atomic mass is 79.9. The van der Waals surface area contributed by atoms with Crippen LogP contribution in [0.4, 0.5) is 5.69 Å². The number of aromatic nitrogens is 2. The zero-order chi connectivity index (χ0) is 13.2. The monoisotopic (exact) mass is 320 g/mol. The van der Waals surface area contributed by atoms with Gasteiger partial charge in [-0.1, -0.05) is 6.07 Å². The van der Waals surface area contributed by atoms with E-state index in [0.717, 1.165) is 36.5 Å². The fourth-order valence-corrected chi connectivity index (χ4v) is 3.18. The molecule has 3 rings (SSSR count). The van der Waals surface area contributed by atoms with Crippen LogP contribution in [0.15, 0.2) is 35.1 Å². The van der Waals surface area contributed by atoms with Crippen LogP contribution in [-0.2, 0) is 19.6 Å². The van der Waals surface area contributed by atoms with Crippen molar-refractivity contribution in [2.24, 2.45) is 0 Å². The number of anilines is 1. The van der Waals surface area contributed by atoms with Crippen molar-refractivity contribution < 1.29 is 0 Å². The van der Waals surface area contributed by atoms with Gasteiger partial charge in [0, 0.05) is 36.5 Å². The average Bonchev–Trinajstić information content (AvgIpc) is 2.86. The highest BCUT2D eigenvalue weighted by Crippen LogP contribution is 2.29. The molecule has 0 saturated carbocycles. The third-order valence-corrected chi connectivity index (χ3v) is 4.11. The maximum absolute atomic E-state index is 4.41. The zero-order valence-electron chi connectivity index (χ0n) is 10.9. The molecule has 0 atom stereocenters. The molecule has 2 heterocycles. The largest absolute Gasteiger partial charge is 0.361 e. The third kappa shape index (κ3) is 2.53. The van der Waals surface area contributed by atoms with Crippen LogP contribution in [-0.4, -0.2) is 23.1 Å². The van der Waals surface area contributed by atoms with E-state index in [1.165, 1.54) is 11.3 Å². The van der Waals surface area contributed by atoms with E-state index in [1.54, 1.807) is 0 Å². The molecule has 1 aromatic heterocycles. The molecule has 0 amide bonds. The topological polar surface area (TPSA) is 33.1 Å². The molecule has 0 saturated heterocycles. The minimum Gasteiger partial charge on any atom is -0.361 e. The van der Waals surface area contributed by atoms with E-state index in [1.807, 2.05) is 13.2 Å². The van der Waals surface area contributed by atoms with E-state index in [2.05, 4.69) is 60.1 Å². The summed E-state index contributed by atoms with van der Waals surface area (Å²) in [6.45, 7) is 3.79. The maximum Gasteiger partial charge on any atom is 0.128 e. The Labute approximate surface area is 121 Å². The first kappa shape index (κ1) is 12.7. The summed E-state index contributed by atoms with van der Waals surface area (Å²) >= 11 is 3.69. The van der Waals surface area contributed by atoms with Crippen molar-refractivity contribution in [3.05, 3.63) is 46.5 Å². The van der Waals surface area contributed by atoms with Crippen molar-refractivity contribution in [1.29, 1.82) is 0 Å². The molecule has 1 aliphatic heterocycles. The number of rotatable bonds is 3. The average molecular weight is 321 g/mol. The van der Waals surface area contributed by atoms with Gasteiger partial charge < -0.3 is 14.8 Å². The van der Waals surface area contributed by atoms with Crippen molar-refractivity contribution in [1.82, 2.24) is 14.9 Å². The fourth-order valence-electron chi connectivity index (χ4n) is 2.50. The molecule has 0 radical (unpaired) electrons. The lowest BCUT2D eigenvalue weighted by Gasteiger charge is -2.30. The first-order valence-electron chi connectivity index (χ1n) is 6.46. The lowest BCUT2D eigenvalue weighted by Crippen LogP contribution is -2.33. The minimum absolute atomic E-state index is 0.872. The second-order valence-corrected chi connectivity index (χ2v) is 5.63. The van der Waals surface area contributed by atoms with Crippen molar-refractivity contribution in [2.75, 3.05) is 18.5 Å². The quantitative estimate of drug-likeness (QED) is 0.942. The Bertz CT molecular complexity index is 579. The van der Waals surface area contributed by atoms with Crippen LogP contribution in [0.5, 0.6) is 0 Å². The number of fused-ring (bicyclic) bond motifs is 1. The van der Waals surface area contributed by atoms with Gasteiger partial charge >= 0.3 is 0 Å². The van der Waals surface area contributed by atoms with Gasteiger partial charge in [0.1, 0.15) is 5.82 Å². The SMILES string of the molecule is CNCc1ccc(N2CCn3ccnc3C2)c(Br)c1. The lowest BCUT2D eigenvalue weighted by molar-refractivity contribution is 0.559. The highest BCUT2D eigenvalue weighted by Gasteiger charge is 2.18. The Morgan fingerprint density at radius 1 is 1.37 bits per heavy atom. The molecule has 0 spiro atoms. The number of benzene rings is 1. The molecule has 19 heavy (non-hydrogen) atoms. The molecule has 0 aliphatic carbocycles. The first-order valence-corrected chi connectivity index (χ1v) is 7.25. The van der Waals surface area contributed by atoms with E-state index in [-0.39, 0.29) is 0 Å². The van der Waals surface area contributed by atoms with Crippen LogP contribution in [0.2, 0.25) is 0 Å². The normalized spacial score (nSPS) is 14.5. The van der Waals surface area contributed by atoms with Crippen molar-refractivity contribution in [3.63, 3.8) is 0 Å². The van der Waals surface area contributed by atoms with Gasteiger partial charge in [-0.3, -0.25) is 0 Å². The van der Waals surface area contributed by atoms with Crippen LogP contribution >= 0.6 is 15.9 Å². The molecule has 5 heteroatoms. The fraction of sp³-hybridized carbons (Fsp3) is 0.357. The number of halogens is 1. The van der Waals surface area contributed by atoms with Crippen LogP contribution < -0.4 is 10.2 Å². The second kappa shape index (κ2) is 5.35. The van der Waals surface area contributed by atoms with Crippen LogP contribution in [0, 0.1) is 0 Å². The predicted octanol–water partition coefficient (Wildman–Crippen LogP) is 2.39. The summed E-state index contributed by atoms with van der Waals surface area (Å²) < 4.78 is 3.38. The molecule has 1 aliphatic rings. The first-order chi connectivity index (χ1) is 9.28. The molecule has 4 nitrogen and oxygen atoms in total. The summed E-state index contributed by atoms with van der Waals surface area (Å²) in [7, 11) is 1.96. The van der Waals surface area contributed by atoms with Crippen LogP contribution in [0.25, 0.3) is 0 Å². The zero-order valence-corrected chi connectivity index (χ0v) is 12.5. The third-order valence-electron chi connectivity index (χ3n) is 3.48. The number of hydrogen-bond acceptors (Lipinski definition) is 3. The molecular formula is C14H17BrN4. The van der Waals surface area contributed by atoms with E-state index < -0.39 is 0 Å². The summed E-state index contributed by atoms with van der Waals surface area (Å²) in [5.41, 5.74) is 2.53. The summed E-state index contributed by atoms with van der Waals surface area (Å²) in [6.07, 6.45) is 3.93. The van der Waals surface area contributed by atoms with Gasteiger partial charge in [-0.25, -0.2) is 4.98 Å². The van der Waals surface area contributed by atoms with Crippen molar-refractivity contribution >= 4 is 21.6 Å². The number of hydrogen-bond donors (Lipinski definition) is 1. The minimum atomic E-state index is 0.872. The maximum atomic E-state index is 4.41. The van der Waals surface area contributed by atoms with Crippen molar-refractivity contribution in [2.45, 2.75) is 19.6 Å². The number of imidazole rings is 1. The summed E-state index contributed by atoms with van der Waals surface area (Å²) in [6, 6.07) is 6.56. The van der Waals surface area contributed by atoms with Gasteiger partial charge in [-0.15, -0.1) is 0 Å². The van der Waals surface area contributed by atoms with E-state index in [4.69, 9.17) is 0 Å². The molecule has 2 aromatic rings. The Kier molecular flexibility index (Phi) is 3.57. The standard InChI is InChI=1S/C14H17BrN4/c1-16-9-11-2-3-13(12(15)8-11)19-7-6-18-5-4-17-14(18)10-19/h2-5,8,16H,6-7,9-10H2,1H3. The summed E-state index contributed by atoms with van der Waals surface area (Å²) in [4.78, 5) is 6.78. The predicted molar refractivity (Wildman–Crippen MR) is 80.2 cm³/mol. The van der Waals surface area contributed by atoms with E-state index in [0.29, 0.717) is 0 Å². The molecule has 0 fully saturated rings. The van der Waals surface area contributed by atoms with Gasteiger partial charge in [-0.2, -0.15) is 0 Å². The van der Waals surface area contributed by atoms with Gasteiger partial charge in [0.15, 0.2) is 0 Å². The van der Waals surface area contributed by atoms with Gasteiger partial charge in [0.25, 0.3) is 0 Å². The smallest absolute Gasteiger partial charge is 0.128 e. The van der Waals surface area contributed by atoms with E-state index in [9.17, 15) is 0 Å². The lowest BCUT2D eigenvalue weighted by atomic mass is 10.2. The van der Waals surface area contributed by atoms with E-state index >= 15 is 0 Å². The Balaban J connectivity index is 1.83. The summed E-state index contributed by atoms with van der Waals surface area (Å²) in [5, 5.41) is 3.17. The molecule has 0 unspecified atom stereocenters. The Hall–Kier alpha value is -1.33. The Morgan fingerprint density at radius 3 is 3.05 bits per heavy atom. The number of nitrogens with one attached hydrogen (secondary N) is 1. The number of nitrogens with zero attached hydrogens (tertiary/aromatic N) is 3. The van der Waals surface area contributed by atoms with Crippen LogP contribution in [0.3, 0.4) is 0 Å². The van der Waals surface area contributed by atoms with Crippen LogP contribution in [0.1, 0.15) is 11.4 Å². The highest BCUT2D eigenvalue weighted by molar-refractivity contribution is 9.10. The molecule has 100 valence electrons. The summed E-state index contributed by atoms with van der Waals surface area (Å²) in [5.74, 6) is 1.14. The second-order valence-electron chi connectivity index (χ2n) is 4.77. The molecule has 1 N–H and O–H groups in total. The van der Waals surface area contributed by atoms with Gasteiger partial charge in [-0.05, 0) is 40.7 Å². The van der Waals surface area contributed by atoms with Crippen molar-refractivity contribution in [3.8, 4) is 0 Å². The molecule has 0 bridgehead atoms. The Morgan fingerprint density at radius 2 is 2.26 bits per heavy atom. The van der Waals surface area contributed by atoms with Gasteiger partial charge in [0.2, 0.25) is 0 Å². The molecular weight excluding hydrogens is 304 g/mol. The molecule has 1 aromatic carbocycles.